The summed E-state index contributed by atoms with van der Waals surface area (Å²) in [5.41, 5.74) is 2.68. The summed E-state index contributed by atoms with van der Waals surface area (Å²) in [5.74, 6) is 0.865. The zero-order chi connectivity index (χ0) is 10.1. The average Bonchev–Trinajstić information content (AvgIpc) is 2.43. The molecule has 3 heteroatoms. The van der Waals surface area contributed by atoms with E-state index >= 15 is 0 Å². The molecule has 0 saturated carbocycles. The predicted octanol–water partition coefficient (Wildman–Crippen LogP) is 2.49. The summed E-state index contributed by atoms with van der Waals surface area (Å²) in [4.78, 5) is 8.31. The van der Waals surface area contributed by atoms with E-state index in [0.29, 0.717) is 5.71 Å². The monoisotopic (exact) mass is 188 g/mol. The molecule has 0 amide bonds. The van der Waals surface area contributed by atoms with Crippen LogP contribution in [0.15, 0.2) is 21.5 Å². The van der Waals surface area contributed by atoms with Gasteiger partial charge in [-0.05, 0) is 26.0 Å². The van der Waals surface area contributed by atoms with Gasteiger partial charge in [0.05, 0.1) is 0 Å². The minimum absolute atomic E-state index is 0.692. The number of furan rings is 1. The molecule has 72 valence electrons. The number of hydrogen-bond donors (Lipinski definition) is 0. The molecule has 3 nitrogen and oxygen atoms in total. The van der Waals surface area contributed by atoms with Gasteiger partial charge in [0.1, 0.15) is 5.76 Å². The second-order valence-corrected chi connectivity index (χ2v) is 3.26. The van der Waals surface area contributed by atoms with E-state index in [4.69, 9.17) is 4.42 Å². The van der Waals surface area contributed by atoms with E-state index in [1.165, 1.54) is 0 Å². The number of aryl methyl sites for hydroxylation is 2. The van der Waals surface area contributed by atoms with Crippen molar-refractivity contribution in [1.29, 1.82) is 0 Å². The molecule has 0 fully saturated rings. The number of aliphatic imine (C=N–C) groups is 1. The summed E-state index contributed by atoms with van der Waals surface area (Å²) >= 11 is 0. The van der Waals surface area contributed by atoms with E-state index in [1.54, 1.807) is 13.3 Å². The van der Waals surface area contributed by atoms with Crippen LogP contribution in [0.1, 0.15) is 17.0 Å². The number of fused-ring (bicyclic) bond motifs is 1. The van der Waals surface area contributed by atoms with Crippen LogP contribution in [-0.4, -0.2) is 18.2 Å². The Balaban J connectivity index is 2.77. The van der Waals surface area contributed by atoms with Crippen molar-refractivity contribution in [3.05, 3.63) is 29.2 Å². The highest BCUT2D eigenvalue weighted by molar-refractivity contribution is 5.98. The molecule has 0 aromatic carbocycles. The summed E-state index contributed by atoms with van der Waals surface area (Å²) in [6.45, 7) is 3.87. The number of pyridine rings is 1. The van der Waals surface area contributed by atoms with E-state index in [9.17, 15) is 0 Å². The Labute approximate surface area is 82.5 Å². The maximum Gasteiger partial charge on any atom is 0.227 e. The Bertz CT molecular complexity index is 497. The van der Waals surface area contributed by atoms with Crippen LogP contribution in [0.3, 0.4) is 0 Å². The molecule has 0 bridgehead atoms. The minimum atomic E-state index is 0.692. The summed E-state index contributed by atoms with van der Waals surface area (Å²) in [5, 5.41) is 1.03. The van der Waals surface area contributed by atoms with Gasteiger partial charge in [-0.2, -0.15) is 0 Å². The van der Waals surface area contributed by atoms with Gasteiger partial charge in [-0.15, -0.1) is 0 Å². The van der Waals surface area contributed by atoms with Gasteiger partial charge in [0.15, 0.2) is 0 Å². The normalized spacial score (nSPS) is 11.6. The van der Waals surface area contributed by atoms with Gasteiger partial charge in [0.25, 0.3) is 0 Å². The van der Waals surface area contributed by atoms with Crippen LogP contribution in [0.25, 0.3) is 11.1 Å². The van der Waals surface area contributed by atoms with E-state index in [-0.39, 0.29) is 0 Å². The second-order valence-electron chi connectivity index (χ2n) is 3.26. The molecule has 2 heterocycles. The maximum atomic E-state index is 5.53. The van der Waals surface area contributed by atoms with Crippen molar-refractivity contribution < 1.29 is 4.42 Å². The zero-order valence-corrected chi connectivity index (χ0v) is 8.53. The molecule has 0 atom stereocenters. The highest BCUT2D eigenvalue weighted by Crippen LogP contribution is 2.22. The van der Waals surface area contributed by atoms with Gasteiger partial charge in [0, 0.05) is 29.9 Å². The van der Waals surface area contributed by atoms with Crippen molar-refractivity contribution in [2.24, 2.45) is 4.99 Å². The van der Waals surface area contributed by atoms with Crippen LogP contribution in [0.5, 0.6) is 0 Å². The first-order valence-corrected chi connectivity index (χ1v) is 4.51. The third-order valence-electron chi connectivity index (χ3n) is 2.18. The van der Waals surface area contributed by atoms with Gasteiger partial charge in [-0.25, -0.2) is 4.98 Å². The molecule has 0 N–H and O–H groups in total. The van der Waals surface area contributed by atoms with Crippen LogP contribution >= 0.6 is 0 Å². The van der Waals surface area contributed by atoms with Crippen molar-refractivity contribution in [3.8, 4) is 0 Å². The van der Waals surface area contributed by atoms with Crippen LogP contribution in [0.2, 0.25) is 0 Å². The molecule has 2 aromatic heterocycles. The lowest BCUT2D eigenvalue weighted by Gasteiger charge is -1.90. The van der Waals surface area contributed by atoms with Gasteiger partial charge < -0.3 is 4.42 Å². The van der Waals surface area contributed by atoms with E-state index in [0.717, 1.165) is 22.4 Å². The average molecular weight is 188 g/mol. The Kier molecular flexibility index (Phi) is 2.08. The minimum Gasteiger partial charge on any atom is -0.442 e. The Morgan fingerprint density at radius 1 is 1.36 bits per heavy atom. The molecule has 14 heavy (non-hydrogen) atoms. The SMILES string of the molecule is C/N=C\c1c(C)oc2nc(C)ccc12. The van der Waals surface area contributed by atoms with Crippen molar-refractivity contribution in [1.82, 2.24) is 4.98 Å². The second kappa shape index (κ2) is 3.25. The van der Waals surface area contributed by atoms with Crippen LogP contribution in [-0.2, 0) is 0 Å². The van der Waals surface area contributed by atoms with Gasteiger partial charge in [-0.1, -0.05) is 0 Å². The van der Waals surface area contributed by atoms with Gasteiger partial charge in [0.2, 0.25) is 5.71 Å². The van der Waals surface area contributed by atoms with E-state index in [1.807, 2.05) is 26.0 Å². The molecule has 0 aliphatic heterocycles. The number of nitrogens with zero attached hydrogens (tertiary/aromatic N) is 2. The van der Waals surface area contributed by atoms with Crippen molar-refractivity contribution in [2.45, 2.75) is 13.8 Å². The fraction of sp³-hybridized carbons (Fsp3) is 0.273. The fourth-order valence-corrected chi connectivity index (χ4v) is 1.49. The van der Waals surface area contributed by atoms with Crippen LogP contribution < -0.4 is 0 Å². The predicted molar refractivity (Wildman–Crippen MR) is 57.0 cm³/mol. The molecule has 2 aromatic rings. The van der Waals surface area contributed by atoms with Gasteiger partial charge >= 0.3 is 0 Å². The molecular formula is C11H12N2O. The first-order valence-electron chi connectivity index (χ1n) is 4.51. The molecule has 2 rings (SSSR count). The topological polar surface area (TPSA) is 38.4 Å². The summed E-state index contributed by atoms with van der Waals surface area (Å²) in [7, 11) is 1.75. The molecule has 0 aliphatic carbocycles. The highest BCUT2D eigenvalue weighted by Gasteiger charge is 2.09. The van der Waals surface area contributed by atoms with Crippen molar-refractivity contribution in [3.63, 3.8) is 0 Å². The first kappa shape index (κ1) is 8.94. The largest absolute Gasteiger partial charge is 0.442 e. The maximum absolute atomic E-state index is 5.53. The third kappa shape index (κ3) is 1.31. The van der Waals surface area contributed by atoms with Crippen molar-refractivity contribution >= 4 is 17.3 Å². The Morgan fingerprint density at radius 2 is 2.14 bits per heavy atom. The molecular weight excluding hydrogens is 176 g/mol. The smallest absolute Gasteiger partial charge is 0.227 e. The molecule has 0 saturated heterocycles. The Morgan fingerprint density at radius 3 is 2.86 bits per heavy atom. The quantitative estimate of drug-likeness (QED) is 0.645. The van der Waals surface area contributed by atoms with E-state index in [2.05, 4.69) is 9.98 Å². The molecule has 0 radical (unpaired) electrons. The van der Waals surface area contributed by atoms with Crippen LogP contribution in [0.4, 0.5) is 0 Å². The molecule has 0 aliphatic rings. The summed E-state index contributed by atoms with van der Waals surface area (Å²) < 4.78 is 5.53. The number of rotatable bonds is 1. The lowest BCUT2D eigenvalue weighted by molar-refractivity contribution is 0.566. The number of aromatic nitrogens is 1. The standard InChI is InChI=1S/C11H12N2O/c1-7-4-5-9-10(6-12-3)8(2)14-11(9)13-7/h4-6H,1-3H3/b12-6-. The zero-order valence-electron chi connectivity index (χ0n) is 8.53. The van der Waals surface area contributed by atoms with Gasteiger partial charge in [-0.3, -0.25) is 4.99 Å². The first-order chi connectivity index (χ1) is 6.72. The number of hydrogen-bond acceptors (Lipinski definition) is 3. The highest BCUT2D eigenvalue weighted by atomic mass is 16.3. The molecule has 0 unspecified atom stereocenters. The molecule has 0 spiro atoms. The third-order valence-corrected chi connectivity index (χ3v) is 2.18. The van der Waals surface area contributed by atoms with E-state index < -0.39 is 0 Å². The summed E-state index contributed by atoms with van der Waals surface area (Å²) in [6, 6.07) is 4.00. The lowest BCUT2D eigenvalue weighted by Crippen LogP contribution is -1.83. The lowest BCUT2D eigenvalue weighted by atomic mass is 10.2. The Hall–Kier alpha value is -1.64. The summed E-state index contributed by atoms with van der Waals surface area (Å²) in [6.07, 6.45) is 1.80. The van der Waals surface area contributed by atoms with Crippen LogP contribution in [0, 0.1) is 13.8 Å². The van der Waals surface area contributed by atoms with Crippen molar-refractivity contribution in [2.75, 3.05) is 7.05 Å². The fourth-order valence-electron chi connectivity index (χ4n) is 1.49.